The monoisotopic (exact) mass is 238 g/mol. The van der Waals surface area contributed by atoms with Gasteiger partial charge in [-0.3, -0.25) is 4.68 Å². The summed E-state index contributed by atoms with van der Waals surface area (Å²) in [5.41, 5.74) is 1.11. The van der Waals surface area contributed by atoms with Crippen molar-refractivity contribution in [3.05, 3.63) is 11.9 Å². The van der Waals surface area contributed by atoms with E-state index in [-0.39, 0.29) is 0 Å². The average Bonchev–Trinajstić information content (AvgIpc) is 2.63. The third kappa shape index (κ3) is 5.82. The standard InChI is InChI=1S/C13H26N4/c1-5-6-14-9-12(7-11(2)3)8-13-10-17(4)16-15-13/h10-12,14H,5-9H2,1-4H3. The summed E-state index contributed by atoms with van der Waals surface area (Å²) in [6.45, 7) is 8.96. The van der Waals surface area contributed by atoms with Crippen molar-refractivity contribution in [3.63, 3.8) is 0 Å². The van der Waals surface area contributed by atoms with E-state index in [1.807, 2.05) is 13.2 Å². The molecule has 0 saturated carbocycles. The lowest BCUT2D eigenvalue weighted by molar-refractivity contribution is 0.383. The predicted octanol–water partition coefficient (Wildman–Crippen LogP) is 2.02. The zero-order valence-corrected chi connectivity index (χ0v) is 11.6. The molecule has 0 amide bonds. The molecule has 0 aromatic carbocycles. The largest absolute Gasteiger partial charge is 0.316 e. The highest BCUT2D eigenvalue weighted by atomic mass is 15.4. The topological polar surface area (TPSA) is 42.7 Å². The number of hydrogen-bond acceptors (Lipinski definition) is 3. The predicted molar refractivity (Wildman–Crippen MR) is 70.8 cm³/mol. The fourth-order valence-electron chi connectivity index (χ4n) is 2.17. The lowest BCUT2D eigenvalue weighted by atomic mass is 9.93. The highest BCUT2D eigenvalue weighted by molar-refractivity contribution is 4.94. The molecule has 0 fully saturated rings. The third-order valence-corrected chi connectivity index (χ3v) is 2.81. The van der Waals surface area contributed by atoms with Crippen molar-refractivity contribution in [1.82, 2.24) is 20.3 Å². The fraction of sp³-hybridized carbons (Fsp3) is 0.846. The van der Waals surface area contributed by atoms with Gasteiger partial charge in [-0.25, -0.2) is 0 Å². The molecule has 1 unspecified atom stereocenters. The molecule has 0 aliphatic heterocycles. The lowest BCUT2D eigenvalue weighted by Crippen LogP contribution is -2.26. The van der Waals surface area contributed by atoms with Gasteiger partial charge in [0.05, 0.1) is 5.69 Å². The van der Waals surface area contributed by atoms with Crippen LogP contribution >= 0.6 is 0 Å². The van der Waals surface area contributed by atoms with Crippen molar-refractivity contribution >= 4 is 0 Å². The van der Waals surface area contributed by atoms with Gasteiger partial charge in [-0.05, 0) is 44.2 Å². The number of aryl methyl sites for hydroxylation is 1. The third-order valence-electron chi connectivity index (χ3n) is 2.81. The lowest BCUT2D eigenvalue weighted by Gasteiger charge is -2.18. The Bertz CT molecular complexity index is 306. The summed E-state index contributed by atoms with van der Waals surface area (Å²) in [7, 11) is 1.92. The van der Waals surface area contributed by atoms with Gasteiger partial charge in [0.25, 0.3) is 0 Å². The minimum absolute atomic E-state index is 0.665. The minimum Gasteiger partial charge on any atom is -0.316 e. The van der Waals surface area contributed by atoms with Crippen LogP contribution in [0.1, 0.15) is 39.3 Å². The van der Waals surface area contributed by atoms with Gasteiger partial charge in [-0.2, -0.15) is 0 Å². The van der Waals surface area contributed by atoms with Crippen LogP contribution in [0.25, 0.3) is 0 Å². The minimum atomic E-state index is 0.665. The number of aromatic nitrogens is 3. The zero-order valence-electron chi connectivity index (χ0n) is 11.6. The second-order valence-electron chi connectivity index (χ2n) is 5.29. The molecule has 4 nitrogen and oxygen atoms in total. The molecule has 4 heteroatoms. The Labute approximate surface area is 105 Å². The van der Waals surface area contributed by atoms with Crippen LogP contribution in [0.2, 0.25) is 0 Å². The highest BCUT2D eigenvalue weighted by Crippen LogP contribution is 2.15. The summed E-state index contributed by atoms with van der Waals surface area (Å²) in [6, 6.07) is 0. The molecule has 98 valence electrons. The first-order valence-electron chi connectivity index (χ1n) is 6.67. The maximum atomic E-state index is 4.18. The summed E-state index contributed by atoms with van der Waals surface area (Å²) in [4.78, 5) is 0. The molecule has 0 aliphatic rings. The molecular weight excluding hydrogens is 212 g/mol. The van der Waals surface area contributed by atoms with Crippen molar-refractivity contribution in [2.45, 2.75) is 40.0 Å². The molecule has 0 bridgehead atoms. The van der Waals surface area contributed by atoms with E-state index in [2.05, 4.69) is 36.4 Å². The van der Waals surface area contributed by atoms with Gasteiger partial charge >= 0.3 is 0 Å². The molecule has 1 aromatic heterocycles. The van der Waals surface area contributed by atoms with Gasteiger partial charge in [0.15, 0.2) is 0 Å². The van der Waals surface area contributed by atoms with E-state index in [1.165, 1.54) is 12.8 Å². The van der Waals surface area contributed by atoms with Gasteiger partial charge < -0.3 is 5.32 Å². The van der Waals surface area contributed by atoms with E-state index in [0.717, 1.165) is 31.1 Å². The van der Waals surface area contributed by atoms with Gasteiger partial charge in [0.1, 0.15) is 0 Å². The normalized spacial score (nSPS) is 13.2. The molecule has 1 rings (SSSR count). The maximum absolute atomic E-state index is 4.18. The Balaban J connectivity index is 2.44. The van der Waals surface area contributed by atoms with E-state index < -0.39 is 0 Å². The van der Waals surface area contributed by atoms with Gasteiger partial charge in [0, 0.05) is 13.2 Å². The average molecular weight is 238 g/mol. The summed E-state index contributed by atoms with van der Waals surface area (Å²) in [6.07, 6.45) is 5.49. The molecule has 1 heterocycles. The maximum Gasteiger partial charge on any atom is 0.0830 e. The van der Waals surface area contributed by atoms with Crippen molar-refractivity contribution in [1.29, 1.82) is 0 Å². The van der Waals surface area contributed by atoms with E-state index in [0.29, 0.717) is 5.92 Å². The van der Waals surface area contributed by atoms with E-state index >= 15 is 0 Å². The smallest absolute Gasteiger partial charge is 0.0830 e. The van der Waals surface area contributed by atoms with Crippen molar-refractivity contribution in [2.75, 3.05) is 13.1 Å². The van der Waals surface area contributed by atoms with E-state index in [9.17, 15) is 0 Å². The van der Waals surface area contributed by atoms with Crippen LogP contribution in [-0.4, -0.2) is 28.1 Å². The fourth-order valence-corrected chi connectivity index (χ4v) is 2.17. The summed E-state index contributed by atoms with van der Waals surface area (Å²) in [5.74, 6) is 1.40. The van der Waals surface area contributed by atoms with Crippen LogP contribution in [0.15, 0.2) is 6.20 Å². The molecule has 1 aromatic rings. The first kappa shape index (κ1) is 14.2. The zero-order chi connectivity index (χ0) is 12.7. The highest BCUT2D eigenvalue weighted by Gasteiger charge is 2.13. The first-order chi connectivity index (χ1) is 8.11. The summed E-state index contributed by atoms with van der Waals surface area (Å²) >= 11 is 0. The summed E-state index contributed by atoms with van der Waals surface area (Å²) in [5, 5.41) is 11.7. The molecule has 0 saturated heterocycles. The van der Waals surface area contributed by atoms with E-state index in [4.69, 9.17) is 0 Å². The number of rotatable bonds is 8. The molecule has 1 N–H and O–H groups in total. The Hall–Kier alpha value is -0.900. The number of nitrogens with one attached hydrogen (secondary N) is 1. The molecule has 0 spiro atoms. The Kier molecular flexibility index (Phi) is 6.19. The molecular formula is C13H26N4. The second-order valence-corrected chi connectivity index (χ2v) is 5.29. The van der Waals surface area contributed by atoms with Gasteiger partial charge in [0.2, 0.25) is 0 Å². The molecule has 0 radical (unpaired) electrons. The Morgan fingerprint density at radius 1 is 1.41 bits per heavy atom. The van der Waals surface area contributed by atoms with Crippen LogP contribution < -0.4 is 5.32 Å². The van der Waals surface area contributed by atoms with Gasteiger partial charge in [-0.15, -0.1) is 5.10 Å². The Morgan fingerprint density at radius 2 is 2.18 bits per heavy atom. The van der Waals surface area contributed by atoms with Crippen molar-refractivity contribution < 1.29 is 0 Å². The Morgan fingerprint density at radius 3 is 2.71 bits per heavy atom. The van der Waals surface area contributed by atoms with Crippen LogP contribution in [0.4, 0.5) is 0 Å². The number of nitrogens with zero attached hydrogens (tertiary/aromatic N) is 3. The SMILES string of the molecule is CCCNCC(Cc1cn(C)nn1)CC(C)C. The van der Waals surface area contributed by atoms with Crippen LogP contribution in [0, 0.1) is 11.8 Å². The van der Waals surface area contributed by atoms with Crippen molar-refractivity contribution in [3.8, 4) is 0 Å². The van der Waals surface area contributed by atoms with Crippen LogP contribution in [-0.2, 0) is 13.5 Å². The van der Waals surface area contributed by atoms with Crippen molar-refractivity contribution in [2.24, 2.45) is 18.9 Å². The molecule has 0 aliphatic carbocycles. The quantitative estimate of drug-likeness (QED) is 0.705. The molecule has 1 atom stereocenters. The van der Waals surface area contributed by atoms with E-state index in [1.54, 1.807) is 4.68 Å². The summed E-state index contributed by atoms with van der Waals surface area (Å²) < 4.78 is 1.78. The van der Waals surface area contributed by atoms with Crippen LogP contribution in [0.3, 0.4) is 0 Å². The number of hydrogen-bond donors (Lipinski definition) is 1. The second kappa shape index (κ2) is 7.43. The molecule has 17 heavy (non-hydrogen) atoms. The van der Waals surface area contributed by atoms with Crippen LogP contribution in [0.5, 0.6) is 0 Å². The first-order valence-corrected chi connectivity index (χ1v) is 6.67. The van der Waals surface area contributed by atoms with Gasteiger partial charge in [-0.1, -0.05) is 26.0 Å².